The molecule has 1 heterocycles. The molecule has 2 aromatic carbocycles. The Hall–Kier alpha value is -2.86. The molecule has 3 rings (SSSR count). The van der Waals surface area contributed by atoms with E-state index in [9.17, 15) is 9.59 Å². The molecule has 0 spiro atoms. The molecule has 2 aromatic rings. The van der Waals surface area contributed by atoms with Gasteiger partial charge < -0.3 is 19.9 Å². The molecule has 0 aliphatic carbocycles. The Morgan fingerprint density at radius 3 is 2.68 bits per heavy atom. The average molecular weight is 381 g/mol. The zero-order valence-corrected chi connectivity index (χ0v) is 16.9. The number of benzene rings is 2. The molecule has 0 saturated heterocycles. The quantitative estimate of drug-likeness (QED) is 0.834. The standard InChI is InChI=1S/C22H27N3O3/c1-15-8-5-6-9-18(15)21(26)23-17-10-11-20-19(14-17)25(13-7-12-24(3)4)22(27)16(2)28-20/h5-6,8-11,14,16H,7,12-13H2,1-4H3,(H,23,26). The SMILES string of the molecule is Cc1ccccc1C(=O)Nc1ccc2c(c1)N(CCCN(C)C)C(=O)C(C)O2. The highest BCUT2D eigenvalue weighted by atomic mass is 16.5. The van der Waals surface area contributed by atoms with Crippen LogP contribution in [-0.2, 0) is 4.79 Å². The first-order chi connectivity index (χ1) is 13.4. The van der Waals surface area contributed by atoms with Gasteiger partial charge >= 0.3 is 0 Å². The monoisotopic (exact) mass is 381 g/mol. The largest absolute Gasteiger partial charge is 0.479 e. The van der Waals surface area contributed by atoms with Crippen molar-refractivity contribution in [1.82, 2.24) is 4.90 Å². The fourth-order valence-electron chi connectivity index (χ4n) is 3.29. The number of nitrogens with zero attached hydrogens (tertiary/aromatic N) is 2. The summed E-state index contributed by atoms with van der Waals surface area (Å²) in [5.74, 6) is 0.424. The number of nitrogens with one attached hydrogen (secondary N) is 1. The van der Waals surface area contributed by atoms with Gasteiger partial charge in [0.25, 0.3) is 11.8 Å². The number of hydrogen-bond acceptors (Lipinski definition) is 4. The van der Waals surface area contributed by atoms with E-state index >= 15 is 0 Å². The van der Waals surface area contributed by atoms with Gasteiger partial charge in [-0.3, -0.25) is 9.59 Å². The Bertz CT molecular complexity index is 879. The normalized spacial score (nSPS) is 16.0. The molecule has 1 N–H and O–H groups in total. The molecule has 2 amide bonds. The van der Waals surface area contributed by atoms with E-state index in [1.807, 2.05) is 51.4 Å². The highest BCUT2D eigenvalue weighted by Crippen LogP contribution is 2.36. The first-order valence-corrected chi connectivity index (χ1v) is 9.50. The Labute approximate surface area is 166 Å². The second-order valence-corrected chi connectivity index (χ2v) is 7.36. The number of aryl methyl sites for hydroxylation is 1. The van der Waals surface area contributed by atoms with Crippen LogP contribution in [0.3, 0.4) is 0 Å². The predicted octanol–water partition coefficient (Wildman–Crippen LogP) is 3.31. The van der Waals surface area contributed by atoms with E-state index in [1.54, 1.807) is 24.0 Å². The van der Waals surface area contributed by atoms with Crippen molar-refractivity contribution in [3.63, 3.8) is 0 Å². The second kappa shape index (κ2) is 8.44. The summed E-state index contributed by atoms with van der Waals surface area (Å²) in [7, 11) is 4.02. The smallest absolute Gasteiger partial charge is 0.267 e. The lowest BCUT2D eigenvalue weighted by Gasteiger charge is -2.33. The van der Waals surface area contributed by atoms with Crippen molar-refractivity contribution >= 4 is 23.2 Å². The van der Waals surface area contributed by atoms with E-state index in [0.29, 0.717) is 29.2 Å². The third-order valence-corrected chi connectivity index (χ3v) is 4.80. The van der Waals surface area contributed by atoms with E-state index in [2.05, 4.69) is 10.2 Å². The third kappa shape index (κ3) is 4.34. The maximum atomic E-state index is 12.7. The average Bonchev–Trinajstić information content (AvgIpc) is 2.65. The zero-order chi connectivity index (χ0) is 20.3. The predicted molar refractivity (Wildman–Crippen MR) is 111 cm³/mol. The van der Waals surface area contributed by atoms with Crippen LogP contribution in [-0.4, -0.2) is 50.0 Å². The highest BCUT2D eigenvalue weighted by molar-refractivity contribution is 6.06. The van der Waals surface area contributed by atoms with Crippen molar-refractivity contribution in [1.29, 1.82) is 0 Å². The summed E-state index contributed by atoms with van der Waals surface area (Å²) in [4.78, 5) is 29.1. The molecular formula is C22H27N3O3. The summed E-state index contributed by atoms with van der Waals surface area (Å²) in [6, 6.07) is 12.9. The molecule has 6 heteroatoms. The maximum absolute atomic E-state index is 12.7. The van der Waals surface area contributed by atoms with Crippen molar-refractivity contribution in [3.8, 4) is 5.75 Å². The first-order valence-electron chi connectivity index (χ1n) is 9.50. The van der Waals surface area contributed by atoms with Crippen LogP contribution < -0.4 is 15.0 Å². The molecule has 0 bridgehead atoms. The molecule has 0 fully saturated rings. The van der Waals surface area contributed by atoms with Gasteiger partial charge in [-0.25, -0.2) is 0 Å². The number of ether oxygens (including phenoxy) is 1. The number of carbonyl (C=O) groups is 2. The summed E-state index contributed by atoms with van der Waals surface area (Å²) >= 11 is 0. The molecule has 1 aliphatic heterocycles. The molecule has 28 heavy (non-hydrogen) atoms. The van der Waals surface area contributed by atoms with E-state index in [1.165, 1.54) is 0 Å². The Kier molecular flexibility index (Phi) is 5.99. The van der Waals surface area contributed by atoms with Gasteiger partial charge in [-0.05, 0) is 70.7 Å². The first kappa shape index (κ1) is 19.9. The summed E-state index contributed by atoms with van der Waals surface area (Å²) in [6.45, 7) is 5.16. The number of carbonyl (C=O) groups excluding carboxylic acids is 2. The number of amides is 2. The van der Waals surface area contributed by atoms with Crippen LogP contribution in [0.15, 0.2) is 42.5 Å². The van der Waals surface area contributed by atoms with Crippen LogP contribution in [0, 0.1) is 6.92 Å². The van der Waals surface area contributed by atoms with Crippen LogP contribution in [0.2, 0.25) is 0 Å². The van der Waals surface area contributed by atoms with E-state index < -0.39 is 6.10 Å². The van der Waals surface area contributed by atoms with Gasteiger partial charge in [0.15, 0.2) is 6.10 Å². The Morgan fingerprint density at radius 1 is 1.21 bits per heavy atom. The van der Waals surface area contributed by atoms with Crippen LogP contribution in [0.5, 0.6) is 5.75 Å². The minimum Gasteiger partial charge on any atom is -0.479 e. The summed E-state index contributed by atoms with van der Waals surface area (Å²) < 4.78 is 5.75. The van der Waals surface area contributed by atoms with Crippen molar-refractivity contribution < 1.29 is 14.3 Å². The number of hydrogen-bond donors (Lipinski definition) is 1. The van der Waals surface area contributed by atoms with Crippen molar-refractivity contribution in [2.45, 2.75) is 26.4 Å². The van der Waals surface area contributed by atoms with Gasteiger partial charge in [-0.15, -0.1) is 0 Å². The second-order valence-electron chi connectivity index (χ2n) is 7.36. The fourth-order valence-corrected chi connectivity index (χ4v) is 3.29. The Balaban J connectivity index is 1.83. The molecule has 148 valence electrons. The van der Waals surface area contributed by atoms with Gasteiger partial charge in [0.1, 0.15) is 5.75 Å². The number of rotatable bonds is 6. The minimum atomic E-state index is -0.515. The highest BCUT2D eigenvalue weighted by Gasteiger charge is 2.31. The Morgan fingerprint density at radius 2 is 1.96 bits per heavy atom. The van der Waals surface area contributed by atoms with Crippen LogP contribution in [0.1, 0.15) is 29.3 Å². The van der Waals surface area contributed by atoms with E-state index in [0.717, 1.165) is 18.5 Å². The van der Waals surface area contributed by atoms with Crippen molar-refractivity contribution in [2.75, 3.05) is 37.4 Å². The number of anilines is 2. The molecule has 6 nitrogen and oxygen atoms in total. The lowest BCUT2D eigenvalue weighted by Crippen LogP contribution is -2.45. The van der Waals surface area contributed by atoms with Crippen LogP contribution in [0.4, 0.5) is 11.4 Å². The topological polar surface area (TPSA) is 61.9 Å². The molecule has 0 radical (unpaired) electrons. The molecule has 1 unspecified atom stereocenters. The summed E-state index contributed by atoms with van der Waals surface area (Å²) in [5.41, 5.74) is 2.87. The lowest BCUT2D eigenvalue weighted by molar-refractivity contribution is -0.125. The lowest BCUT2D eigenvalue weighted by atomic mass is 10.1. The maximum Gasteiger partial charge on any atom is 0.267 e. The van der Waals surface area contributed by atoms with Crippen molar-refractivity contribution in [3.05, 3.63) is 53.6 Å². The van der Waals surface area contributed by atoms with Gasteiger partial charge in [-0.2, -0.15) is 0 Å². The van der Waals surface area contributed by atoms with E-state index in [-0.39, 0.29) is 11.8 Å². The van der Waals surface area contributed by atoms with Crippen LogP contribution in [0.25, 0.3) is 0 Å². The molecular weight excluding hydrogens is 354 g/mol. The molecule has 1 aliphatic rings. The van der Waals surface area contributed by atoms with Gasteiger partial charge in [-0.1, -0.05) is 18.2 Å². The molecule has 0 saturated carbocycles. The van der Waals surface area contributed by atoms with Gasteiger partial charge in [0.05, 0.1) is 5.69 Å². The fraction of sp³-hybridized carbons (Fsp3) is 0.364. The summed E-state index contributed by atoms with van der Waals surface area (Å²) in [6.07, 6.45) is 0.337. The van der Waals surface area contributed by atoms with E-state index in [4.69, 9.17) is 4.74 Å². The van der Waals surface area contributed by atoms with Crippen molar-refractivity contribution in [2.24, 2.45) is 0 Å². The van der Waals surface area contributed by atoms with Gasteiger partial charge in [0.2, 0.25) is 0 Å². The summed E-state index contributed by atoms with van der Waals surface area (Å²) in [5, 5.41) is 2.93. The zero-order valence-electron chi connectivity index (χ0n) is 16.9. The van der Waals surface area contributed by atoms with Gasteiger partial charge in [0, 0.05) is 17.8 Å². The molecule has 0 aromatic heterocycles. The number of fused-ring (bicyclic) bond motifs is 1. The molecule has 1 atom stereocenters. The third-order valence-electron chi connectivity index (χ3n) is 4.80. The minimum absolute atomic E-state index is 0.0614. The van der Waals surface area contributed by atoms with Crippen LogP contribution >= 0.6 is 0 Å².